The Labute approximate surface area is 118 Å². The van der Waals surface area contributed by atoms with Gasteiger partial charge in [0.25, 0.3) is 5.91 Å². The predicted molar refractivity (Wildman–Crippen MR) is 70.2 cm³/mol. The van der Waals surface area contributed by atoms with Crippen LogP contribution < -0.4 is 4.90 Å². The zero-order valence-corrected chi connectivity index (χ0v) is 10.6. The molecule has 0 saturated heterocycles. The first-order chi connectivity index (χ1) is 9.96. The summed E-state index contributed by atoms with van der Waals surface area (Å²) in [6.07, 6.45) is -1.56. The molecule has 106 valence electrons. The molecule has 1 unspecified atom stereocenters. The second kappa shape index (κ2) is 4.37. The molecule has 1 atom stereocenters. The van der Waals surface area contributed by atoms with Crippen molar-refractivity contribution in [3.05, 3.63) is 65.5 Å². The molecule has 0 aromatic heterocycles. The number of alkyl halides is 1. The van der Waals surface area contributed by atoms with Crippen molar-refractivity contribution in [3.63, 3.8) is 0 Å². The second-order valence-electron chi connectivity index (χ2n) is 4.61. The molecule has 3 rings (SSSR count). The monoisotopic (exact) mass is 289 g/mol. The minimum absolute atomic E-state index is 0.0261. The molecule has 1 heterocycles. The molecule has 0 bridgehead atoms. The summed E-state index contributed by atoms with van der Waals surface area (Å²) in [6.45, 7) is 0. The lowest BCUT2D eigenvalue weighted by Gasteiger charge is -2.19. The average molecular weight is 289 g/mol. The van der Waals surface area contributed by atoms with Gasteiger partial charge in [0.15, 0.2) is 0 Å². The first kappa shape index (κ1) is 13.2. The number of carboxylic acid groups (broad SMARTS) is 1. The SMILES string of the molecule is O=C(O)N1C(=O)C(F)(c2ccc(F)cc2)c2ccccc21. The van der Waals surface area contributed by atoms with E-state index in [-0.39, 0.29) is 16.8 Å². The van der Waals surface area contributed by atoms with Gasteiger partial charge in [-0.3, -0.25) is 4.79 Å². The van der Waals surface area contributed by atoms with Crippen LogP contribution in [0.2, 0.25) is 0 Å². The molecule has 1 aliphatic heterocycles. The predicted octanol–water partition coefficient (Wildman–Crippen LogP) is 3.06. The summed E-state index contributed by atoms with van der Waals surface area (Å²) in [5.41, 5.74) is -2.83. The fourth-order valence-electron chi connectivity index (χ4n) is 2.49. The molecular formula is C15H9F2NO3. The maximum absolute atomic E-state index is 15.4. The second-order valence-corrected chi connectivity index (χ2v) is 4.61. The van der Waals surface area contributed by atoms with Crippen LogP contribution in [0.1, 0.15) is 11.1 Å². The van der Waals surface area contributed by atoms with Crippen molar-refractivity contribution in [3.8, 4) is 0 Å². The lowest BCUT2D eigenvalue weighted by Crippen LogP contribution is -2.40. The zero-order chi connectivity index (χ0) is 15.2. The molecule has 0 spiro atoms. The number of nitrogens with zero attached hydrogens (tertiary/aromatic N) is 1. The number of anilines is 1. The Bertz CT molecular complexity index is 745. The first-order valence-corrected chi connectivity index (χ1v) is 6.08. The minimum atomic E-state index is -2.64. The van der Waals surface area contributed by atoms with Gasteiger partial charge in [0.05, 0.1) is 5.69 Å². The smallest absolute Gasteiger partial charge is 0.418 e. The Morgan fingerprint density at radius 3 is 2.33 bits per heavy atom. The number of para-hydroxylation sites is 1. The molecule has 0 aliphatic carbocycles. The zero-order valence-electron chi connectivity index (χ0n) is 10.6. The topological polar surface area (TPSA) is 57.6 Å². The van der Waals surface area contributed by atoms with Gasteiger partial charge in [-0.15, -0.1) is 0 Å². The van der Waals surface area contributed by atoms with Gasteiger partial charge < -0.3 is 5.11 Å². The van der Waals surface area contributed by atoms with Crippen LogP contribution in [0.25, 0.3) is 0 Å². The van der Waals surface area contributed by atoms with Crippen LogP contribution in [0, 0.1) is 5.82 Å². The third-order valence-corrected chi connectivity index (χ3v) is 3.45. The van der Waals surface area contributed by atoms with Gasteiger partial charge in [-0.05, 0) is 18.2 Å². The van der Waals surface area contributed by atoms with E-state index >= 15 is 4.39 Å². The number of hydrogen-bond acceptors (Lipinski definition) is 2. The number of hydrogen-bond donors (Lipinski definition) is 1. The van der Waals surface area contributed by atoms with Crippen LogP contribution in [0.5, 0.6) is 0 Å². The van der Waals surface area contributed by atoms with Gasteiger partial charge in [0.1, 0.15) is 5.82 Å². The van der Waals surface area contributed by atoms with Gasteiger partial charge in [-0.2, -0.15) is 0 Å². The van der Waals surface area contributed by atoms with Gasteiger partial charge in [0, 0.05) is 11.1 Å². The third kappa shape index (κ3) is 1.72. The summed E-state index contributed by atoms with van der Waals surface area (Å²) in [4.78, 5) is 23.9. The average Bonchev–Trinajstić information content (AvgIpc) is 2.70. The Balaban J connectivity index is 2.25. The number of carbonyl (C=O) groups excluding carboxylic acids is 1. The summed E-state index contributed by atoms with van der Waals surface area (Å²) in [7, 11) is 0. The van der Waals surface area contributed by atoms with Crippen molar-refractivity contribution in [1.29, 1.82) is 0 Å². The fourth-order valence-corrected chi connectivity index (χ4v) is 2.49. The van der Waals surface area contributed by atoms with Crippen LogP contribution >= 0.6 is 0 Å². The van der Waals surface area contributed by atoms with Crippen LogP contribution in [-0.4, -0.2) is 17.1 Å². The number of carbonyl (C=O) groups is 2. The van der Waals surface area contributed by atoms with E-state index in [2.05, 4.69) is 0 Å². The molecule has 0 fully saturated rings. The molecule has 2 amide bonds. The van der Waals surface area contributed by atoms with E-state index in [4.69, 9.17) is 5.11 Å². The Morgan fingerprint density at radius 2 is 1.71 bits per heavy atom. The van der Waals surface area contributed by atoms with E-state index in [1.54, 1.807) is 0 Å². The molecule has 4 nitrogen and oxygen atoms in total. The van der Waals surface area contributed by atoms with Crippen molar-refractivity contribution >= 4 is 17.7 Å². The van der Waals surface area contributed by atoms with Gasteiger partial charge in [0.2, 0.25) is 5.67 Å². The standard InChI is InChI=1S/C15H9F2NO3/c16-10-7-5-9(6-8-10)15(17)11-3-1-2-4-12(11)18(13(15)19)14(20)21/h1-8H,(H,20,21). The molecule has 0 saturated carbocycles. The van der Waals surface area contributed by atoms with E-state index in [0.29, 0.717) is 4.90 Å². The number of amides is 2. The van der Waals surface area contributed by atoms with E-state index in [9.17, 15) is 14.0 Å². The quantitative estimate of drug-likeness (QED) is 0.877. The third-order valence-electron chi connectivity index (χ3n) is 3.45. The summed E-state index contributed by atoms with van der Waals surface area (Å²) >= 11 is 0. The van der Waals surface area contributed by atoms with Gasteiger partial charge in [-0.25, -0.2) is 18.5 Å². The van der Waals surface area contributed by atoms with E-state index in [1.807, 2.05) is 0 Å². The number of halogens is 2. The van der Waals surface area contributed by atoms with Crippen LogP contribution in [0.3, 0.4) is 0 Å². The number of fused-ring (bicyclic) bond motifs is 1. The maximum Gasteiger partial charge on any atom is 0.418 e. The number of imide groups is 1. The molecule has 1 aliphatic rings. The summed E-state index contributed by atoms with van der Waals surface area (Å²) in [5.74, 6) is -1.79. The molecule has 2 aromatic rings. The Kier molecular flexibility index (Phi) is 2.76. The summed E-state index contributed by atoms with van der Waals surface area (Å²) < 4.78 is 28.4. The van der Waals surface area contributed by atoms with Crippen LogP contribution in [0.15, 0.2) is 48.5 Å². The molecular weight excluding hydrogens is 280 g/mol. The first-order valence-electron chi connectivity index (χ1n) is 6.08. The van der Waals surface area contributed by atoms with Crippen molar-refractivity contribution in [2.45, 2.75) is 5.67 Å². The van der Waals surface area contributed by atoms with E-state index < -0.39 is 23.5 Å². The van der Waals surface area contributed by atoms with Crippen molar-refractivity contribution in [2.24, 2.45) is 0 Å². The Morgan fingerprint density at radius 1 is 1.10 bits per heavy atom. The summed E-state index contributed by atoms with van der Waals surface area (Å²) in [5, 5.41) is 9.13. The number of rotatable bonds is 1. The molecule has 1 N–H and O–H groups in total. The lowest BCUT2D eigenvalue weighted by molar-refractivity contribution is -0.126. The molecule has 0 radical (unpaired) electrons. The number of benzene rings is 2. The highest BCUT2D eigenvalue weighted by atomic mass is 19.1. The normalized spacial score (nSPS) is 20.5. The van der Waals surface area contributed by atoms with Gasteiger partial charge in [-0.1, -0.05) is 30.3 Å². The molecule has 6 heteroatoms. The maximum atomic E-state index is 15.4. The van der Waals surface area contributed by atoms with E-state index in [1.165, 1.54) is 24.3 Å². The lowest BCUT2D eigenvalue weighted by atomic mass is 9.89. The highest BCUT2D eigenvalue weighted by Gasteiger charge is 2.55. The molecule has 2 aromatic carbocycles. The van der Waals surface area contributed by atoms with Crippen molar-refractivity contribution in [2.75, 3.05) is 4.90 Å². The van der Waals surface area contributed by atoms with Crippen LogP contribution in [0.4, 0.5) is 19.3 Å². The Hall–Kier alpha value is -2.76. The van der Waals surface area contributed by atoms with Crippen molar-refractivity contribution in [1.82, 2.24) is 0 Å². The highest BCUT2D eigenvalue weighted by Crippen LogP contribution is 2.47. The van der Waals surface area contributed by atoms with Crippen LogP contribution in [-0.2, 0) is 10.5 Å². The minimum Gasteiger partial charge on any atom is -0.464 e. The fraction of sp³-hybridized carbons (Fsp3) is 0.0667. The van der Waals surface area contributed by atoms with E-state index in [0.717, 1.165) is 24.3 Å². The highest BCUT2D eigenvalue weighted by molar-refractivity contribution is 6.21. The van der Waals surface area contributed by atoms with Gasteiger partial charge >= 0.3 is 6.09 Å². The largest absolute Gasteiger partial charge is 0.464 e. The van der Waals surface area contributed by atoms with Crippen molar-refractivity contribution < 1.29 is 23.5 Å². The summed E-state index contributed by atoms with van der Waals surface area (Å²) in [6, 6.07) is 10.0. The molecule has 21 heavy (non-hydrogen) atoms.